The maximum absolute atomic E-state index is 12.7. The number of alkyl halides is 2. The van der Waals surface area contributed by atoms with E-state index in [4.69, 9.17) is 4.74 Å². The van der Waals surface area contributed by atoms with Crippen molar-refractivity contribution in [2.45, 2.75) is 45.3 Å². The van der Waals surface area contributed by atoms with Crippen LogP contribution in [0.2, 0.25) is 0 Å². The first-order chi connectivity index (χ1) is 12.1. The molecule has 4 rings (SSSR count). The Kier molecular flexibility index (Phi) is 4.81. The summed E-state index contributed by atoms with van der Waals surface area (Å²) >= 11 is 0. The van der Waals surface area contributed by atoms with Crippen molar-refractivity contribution in [3.8, 4) is 0 Å². The molecule has 25 heavy (non-hydrogen) atoms. The van der Waals surface area contributed by atoms with Gasteiger partial charge in [0.05, 0.1) is 26.3 Å². The molecule has 4 heterocycles. The molecular weight excluding hydrogens is 326 g/mol. The second-order valence-electron chi connectivity index (χ2n) is 7.80. The van der Waals surface area contributed by atoms with Crippen molar-refractivity contribution in [2.24, 2.45) is 11.3 Å². The molecule has 3 aliphatic rings. The monoisotopic (exact) mass is 354 g/mol. The predicted octanol–water partition coefficient (Wildman–Crippen LogP) is 2.08. The van der Waals surface area contributed by atoms with Gasteiger partial charge in [0.1, 0.15) is 5.82 Å². The van der Waals surface area contributed by atoms with Crippen molar-refractivity contribution in [1.29, 1.82) is 0 Å². The summed E-state index contributed by atoms with van der Waals surface area (Å²) in [4.78, 5) is 9.26. The highest BCUT2D eigenvalue weighted by Gasteiger charge is 2.54. The first kappa shape index (κ1) is 17.4. The van der Waals surface area contributed by atoms with Crippen LogP contribution >= 0.6 is 0 Å². The molecule has 0 aromatic carbocycles. The molecular formula is C18H28F2N4O. The molecule has 0 N–H and O–H groups in total. The molecule has 0 aliphatic carbocycles. The van der Waals surface area contributed by atoms with E-state index in [0.717, 1.165) is 38.7 Å². The first-order valence-corrected chi connectivity index (χ1v) is 9.43. The Morgan fingerprint density at radius 2 is 2.12 bits per heavy atom. The van der Waals surface area contributed by atoms with Gasteiger partial charge in [0.2, 0.25) is 0 Å². The van der Waals surface area contributed by atoms with Gasteiger partial charge in [0, 0.05) is 30.9 Å². The van der Waals surface area contributed by atoms with Crippen LogP contribution in [-0.2, 0) is 17.8 Å². The van der Waals surface area contributed by atoms with Gasteiger partial charge in [0.25, 0.3) is 6.43 Å². The molecule has 3 fully saturated rings. The van der Waals surface area contributed by atoms with E-state index in [-0.39, 0.29) is 6.54 Å². The van der Waals surface area contributed by atoms with Crippen LogP contribution in [0.1, 0.15) is 25.6 Å². The number of hydrogen-bond donors (Lipinski definition) is 0. The summed E-state index contributed by atoms with van der Waals surface area (Å²) in [6.07, 6.45) is 3.28. The zero-order chi connectivity index (χ0) is 17.4. The number of piperidine rings is 1. The molecule has 3 aliphatic heterocycles. The highest BCUT2D eigenvalue weighted by molar-refractivity contribution is 5.06. The van der Waals surface area contributed by atoms with Gasteiger partial charge in [-0.25, -0.2) is 13.8 Å². The average molecular weight is 354 g/mol. The van der Waals surface area contributed by atoms with Crippen LogP contribution in [-0.4, -0.2) is 71.2 Å². The molecule has 0 bridgehead atoms. The van der Waals surface area contributed by atoms with E-state index in [1.54, 1.807) is 17.0 Å². The smallest absolute Gasteiger partial charge is 0.256 e. The van der Waals surface area contributed by atoms with E-state index in [2.05, 4.69) is 21.7 Å². The lowest BCUT2D eigenvalue weighted by molar-refractivity contribution is 0.0460. The quantitative estimate of drug-likeness (QED) is 0.811. The molecule has 2 atom stereocenters. The van der Waals surface area contributed by atoms with Gasteiger partial charge in [-0.05, 0) is 37.9 Å². The minimum absolute atomic E-state index is 0.264. The largest absolute Gasteiger partial charge is 0.379 e. The van der Waals surface area contributed by atoms with Crippen LogP contribution in [0.4, 0.5) is 8.78 Å². The Bertz CT molecular complexity index is 585. The topological polar surface area (TPSA) is 33.5 Å². The summed E-state index contributed by atoms with van der Waals surface area (Å²) < 4.78 is 32.7. The van der Waals surface area contributed by atoms with Gasteiger partial charge in [-0.1, -0.05) is 6.92 Å². The van der Waals surface area contributed by atoms with Crippen molar-refractivity contribution in [2.75, 3.05) is 39.4 Å². The second-order valence-corrected chi connectivity index (χ2v) is 7.80. The van der Waals surface area contributed by atoms with Crippen molar-refractivity contribution in [3.05, 3.63) is 18.2 Å². The second kappa shape index (κ2) is 6.93. The van der Waals surface area contributed by atoms with Crippen molar-refractivity contribution in [1.82, 2.24) is 19.4 Å². The molecule has 1 aromatic rings. The summed E-state index contributed by atoms with van der Waals surface area (Å²) in [5, 5.41) is 0. The van der Waals surface area contributed by atoms with Crippen molar-refractivity contribution < 1.29 is 13.5 Å². The van der Waals surface area contributed by atoms with E-state index in [0.29, 0.717) is 23.9 Å². The Morgan fingerprint density at radius 3 is 2.84 bits per heavy atom. The third-order valence-corrected chi connectivity index (χ3v) is 6.58. The third kappa shape index (κ3) is 3.22. The number of rotatable bonds is 5. The van der Waals surface area contributed by atoms with Crippen LogP contribution in [0, 0.1) is 11.3 Å². The lowest BCUT2D eigenvalue weighted by atomic mass is 9.70. The van der Waals surface area contributed by atoms with Crippen LogP contribution in [0.25, 0.3) is 0 Å². The predicted molar refractivity (Wildman–Crippen MR) is 90.5 cm³/mol. The molecule has 3 saturated heterocycles. The standard InChI is InChI=1S/C18H28F2N4O/c1-2-23-13-18(14-11-25-12-15(14)23)3-6-22(7-4-18)10-17-21-5-8-24(17)9-16(19)20/h5,8,14-16H,2-4,6-7,9-13H2,1H3/t14-,15+/m0/s1. The fourth-order valence-corrected chi connectivity index (χ4v) is 5.17. The van der Waals surface area contributed by atoms with Crippen LogP contribution in [0.3, 0.4) is 0 Å². The summed E-state index contributed by atoms with van der Waals surface area (Å²) in [5.74, 6) is 1.41. The number of likely N-dealkylation sites (tertiary alicyclic amines) is 2. The SMILES string of the molecule is CCN1CC2(CCN(Cc3nccn3CC(F)F)CC2)[C@H]2COC[C@H]21. The minimum Gasteiger partial charge on any atom is -0.379 e. The highest BCUT2D eigenvalue weighted by Crippen LogP contribution is 2.50. The fourth-order valence-electron chi connectivity index (χ4n) is 5.17. The van der Waals surface area contributed by atoms with Gasteiger partial charge >= 0.3 is 0 Å². The summed E-state index contributed by atoms with van der Waals surface area (Å²) in [6, 6.07) is 0.599. The normalized spacial score (nSPS) is 29.8. The third-order valence-electron chi connectivity index (χ3n) is 6.58. The van der Waals surface area contributed by atoms with E-state index >= 15 is 0 Å². The molecule has 7 heteroatoms. The minimum atomic E-state index is -2.34. The summed E-state index contributed by atoms with van der Waals surface area (Å²) in [6.45, 7) is 8.75. The maximum atomic E-state index is 12.7. The van der Waals surface area contributed by atoms with Crippen LogP contribution in [0.5, 0.6) is 0 Å². The lowest BCUT2D eigenvalue weighted by Crippen LogP contribution is -2.45. The molecule has 0 amide bonds. The molecule has 140 valence electrons. The molecule has 0 saturated carbocycles. The number of halogens is 2. The van der Waals surface area contributed by atoms with Gasteiger partial charge in [-0.15, -0.1) is 0 Å². The van der Waals surface area contributed by atoms with Crippen molar-refractivity contribution in [3.63, 3.8) is 0 Å². The van der Waals surface area contributed by atoms with Crippen molar-refractivity contribution >= 4 is 0 Å². The molecule has 0 unspecified atom stereocenters. The molecule has 1 spiro atoms. The average Bonchev–Trinajstić information content (AvgIpc) is 3.29. The number of aromatic nitrogens is 2. The highest BCUT2D eigenvalue weighted by atomic mass is 19.3. The molecule has 5 nitrogen and oxygen atoms in total. The fraction of sp³-hybridized carbons (Fsp3) is 0.833. The Labute approximate surface area is 147 Å². The van der Waals surface area contributed by atoms with E-state index < -0.39 is 6.43 Å². The van der Waals surface area contributed by atoms with Gasteiger partial charge in [-0.3, -0.25) is 9.80 Å². The van der Waals surface area contributed by atoms with Crippen LogP contribution in [0.15, 0.2) is 12.4 Å². The zero-order valence-electron chi connectivity index (χ0n) is 14.9. The Hall–Kier alpha value is -1.05. The van der Waals surface area contributed by atoms with E-state index in [9.17, 15) is 8.78 Å². The first-order valence-electron chi connectivity index (χ1n) is 9.43. The summed E-state index contributed by atoms with van der Waals surface area (Å²) in [5.41, 5.74) is 0.381. The van der Waals surface area contributed by atoms with Crippen LogP contribution < -0.4 is 0 Å². The number of nitrogens with zero attached hydrogens (tertiary/aromatic N) is 4. The lowest BCUT2D eigenvalue weighted by Gasteiger charge is -2.42. The maximum Gasteiger partial charge on any atom is 0.256 e. The summed E-state index contributed by atoms with van der Waals surface area (Å²) in [7, 11) is 0. The number of imidazole rings is 1. The number of fused-ring (bicyclic) bond motifs is 2. The van der Waals surface area contributed by atoms with Gasteiger partial charge < -0.3 is 9.30 Å². The molecule has 1 aromatic heterocycles. The number of hydrogen-bond acceptors (Lipinski definition) is 4. The van der Waals surface area contributed by atoms with Gasteiger partial charge in [-0.2, -0.15) is 0 Å². The van der Waals surface area contributed by atoms with E-state index in [1.807, 2.05) is 0 Å². The zero-order valence-corrected chi connectivity index (χ0v) is 14.9. The van der Waals surface area contributed by atoms with E-state index in [1.165, 1.54) is 19.4 Å². The Balaban J connectivity index is 1.38. The number of ether oxygens (including phenoxy) is 1. The Morgan fingerprint density at radius 1 is 1.32 bits per heavy atom. The molecule has 0 radical (unpaired) electrons. The number of likely N-dealkylation sites (N-methyl/N-ethyl adjacent to an activating group) is 1. The van der Waals surface area contributed by atoms with Gasteiger partial charge in [0.15, 0.2) is 0 Å².